The normalized spacial score (nSPS) is 10.7. The van der Waals surface area contributed by atoms with E-state index in [0.717, 1.165) is 5.56 Å². The lowest BCUT2D eigenvalue weighted by molar-refractivity contribution is 0.0965. The van der Waals surface area contributed by atoms with Crippen LogP contribution in [0.3, 0.4) is 0 Å². The van der Waals surface area contributed by atoms with Crippen molar-refractivity contribution < 1.29 is 19.0 Å². The number of methoxy groups -OCH3 is 3. The fraction of sp³-hybridized carbons (Fsp3) is 0.136. The number of ether oxygens (including phenoxy) is 3. The summed E-state index contributed by atoms with van der Waals surface area (Å²) in [4.78, 5) is 22.4. The molecule has 0 aliphatic carbocycles. The predicted molar refractivity (Wildman–Crippen MR) is 109 cm³/mol. The Balaban J connectivity index is 1.95. The van der Waals surface area contributed by atoms with E-state index >= 15 is 0 Å². The number of rotatable bonds is 5. The highest BCUT2D eigenvalue weighted by Gasteiger charge is 2.23. The van der Waals surface area contributed by atoms with E-state index in [1.165, 1.54) is 21.3 Å². The largest absolute Gasteiger partial charge is 0.493 e. The molecule has 4 aromatic rings. The molecule has 0 aliphatic rings. The number of hydrogen-bond donors (Lipinski definition) is 0. The molecule has 0 radical (unpaired) electrons. The van der Waals surface area contributed by atoms with Gasteiger partial charge >= 0.3 is 0 Å². The number of hydrogen-bond acceptors (Lipinski definition) is 6. The Hall–Kier alpha value is -3.87. The number of fused-ring (bicyclic) bond motifs is 1. The first kappa shape index (κ1) is 18.5. The van der Waals surface area contributed by atoms with E-state index in [0.29, 0.717) is 39.7 Å². The molecule has 2 heterocycles. The highest BCUT2D eigenvalue weighted by Crippen LogP contribution is 2.39. The highest BCUT2D eigenvalue weighted by molar-refractivity contribution is 6.04. The maximum absolute atomic E-state index is 13.6. The zero-order chi connectivity index (χ0) is 20.4. The zero-order valence-electron chi connectivity index (χ0n) is 16.2. The molecule has 7 nitrogen and oxygen atoms in total. The van der Waals surface area contributed by atoms with Crippen molar-refractivity contribution >= 4 is 16.9 Å². The average Bonchev–Trinajstić information content (AvgIpc) is 3.17. The minimum absolute atomic E-state index is 0.267. The van der Waals surface area contributed by atoms with Gasteiger partial charge in [-0.25, -0.2) is 4.98 Å². The van der Waals surface area contributed by atoms with Gasteiger partial charge in [-0.2, -0.15) is 0 Å². The molecule has 0 saturated carbocycles. The molecular weight excluding hydrogens is 370 g/mol. The van der Waals surface area contributed by atoms with Crippen LogP contribution in [0.5, 0.6) is 17.2 Å². The van der Waals surface area contributed by atoms with Crippen molar-refractivity contribution in [3.8, 4) is 28.6 Å². The molecule has 2 aromatic heterocycles. The quantitative estimate of drug-likeness (QED) is 0.517. The van der Waals surface area contributed by atoms with Crippen LogP contribution in [-0.2, 0) is 0 Å². The second-order valence-electron chi connectivity index (χ2n) is 6.22. The first-order valence-corrected chi connectivity index (χ1v) is 8.90. The Morgan fingerprint density at radius 1 is 0.931 bits per heavy atom. The minimum atomic E-state index is -0.267. The van der Waals surface area contributed by atoms with Crippen molar-refractivity contribution in [3.63, 3.8) is 0 Å². The number of benzene rings is 2. The highest BCUT2D eigenvalue weighted by atomic mass is 16.5. The van der Waals surface area contributed by atoms with Gasteiger partial charge in [0.05, 0.1) is 32.4 Å². The molecule has 146 valence electrons. The average molecular weight is 389 g/mol. The van der Waals surface area contributed by atoms with Crippen LogP contribution >= 0.6 is 0 Å². The van der Waals surface area contributed by atoms with Crippen LogP contribution in [-0.4, -0.2) is 41.8 Å². The van der Waals surface area contributed by atoms with Gasteiger partial charge in [0.2, 0.25) is 5.75 Å². The van der Waals surface area contributed by atoms with Crippen molar-refractivity contribution in [2.75, 3.05) is 21.3 Å². The van der Waals surface area contributed by atoms with Crippen LogP contribution in [0.15, 0.2) is 60.9 Å². The molecule has 0 atom stereocenters. The van der Waals surface area contributed by atoms with Gasteiger partial charge in [0.25, 0.3) is 5.91 Å². The van der Waals surface area contributed by atoms with E-state index in [-0.39, 0.29) is 5.91 Å². The summed E-state index contributed by atoms with van der Waals surface area (Å²) in [5.74, 6) is 1.48. The maximum atomic E-state index is 13.6. The standard InChI is InChI=1S/C22H19N3O4/c1-27-18-11-15(12-19(28-2)20(18)29-3)22(26)25-17-9-5-4-8-16(17)24-21(25)14-7-6-10-23-13-14/h4-13H,1-3H3. The second kappa shape index (κ2) is 7.63. The van der Waals surface area contributed by atoms with Gasteiger partial charge in [0.1, 0.15) is 5.82 Å². The Bertz CT molecular complexity index is 1160. The van der Waals surface area contributed by atoms with Crippen LogP contribution in [0.1, 0.15) is 10.4 Å². The fourth-order valence-electron chi connectivity index (χ4n) is 3.25. The third-order valence-corrected chi connectivity index (χ3v) is 4.60. The van der Waals surface area contributed by atoms with Gasteiger partial charge < -0.3 is 14.2 Å². The molecule has 0 aliphatic heterocycles. The third kappa shape index (κ3) is 3.16. The molecule has 0 unspecified atom stereocenters. The molecule has 0 saturated heterocycles. The topological polar surface area (TPSA) is 75.5 Å². The minimum Gasteiger partial charge on any atom is -0.493 e. The van der Waals surface area contributed by atoms with E-state index in [1.807, 2.05) is 36.4 Å². The van der Waals surface area contributed by atoms with E-state index < -0.39 is 0 Å². The Kier molecular flexibility index (Phi) is 4.87. The Morgan fingerprint density at radius 2 is 1.66 bits per heavy atom. The molecule has 2 aromatic carbocycles. The van der Waals surface area contributed by atoms with Crippen LogP contribution in [0, 0.1) is 0 Å². The fourth-order valence-corrected chi connectivity index (χ4v) is 3.25. The van der Waals surface area contributed by atoms with Crippen LogP contribution in [0.2, 0.25) is 0 Å². The van der Waals surface area contributed by atoms with Crippen LogP contribution < -0.4 is 14.2 Å². The number of aromatic nitrogens is 3. The van der Waals surface area contributed by atoms with E-state index in [2.05, 4.69) is 9.97 Å². The Morgan fingerprint density at radius 3 is 2.28 bits per heavy atom. The molecule has 0 amide bonds. The number of carbonyl (C=O) groups is 1. The van der Waals surface area contributed by atoms with Crippen LogP contribution in [0.4, 0.5) is 0 Å². The van der Waals surface area contributed by atoms with E-state index in [1.54, 1.807) is 29.1 Å². The molecule has 0 N–H and O–H groups in total. The summed E-state index contributed by atoms with van der Waals surface area (Å²) in [5.41, 5.74) is 2.54. The summed E-state index contributed by atoms with van der Waals surface area (Å²) in [6.45, 7) is 0. The summed E-state index contributed by atoms with van der Waals surface area (Å²) < 4.78 is 17.7. The van der Waals surface area contributed by atoms with Crippen molar-refractivity contribution in [2.24, 2.45) is 0 Å². The first-order valence-electron chi connectivity index (χ1n) is 8.90. The van der Waals surface area contributed by atoms with Gasteiger partial charge in [0, 0.05) is 23.5 Å². The summed E-state index contributed by atoms with van der Waals surface area (Å²) in [6.07, 6.45) is 3.36. The zero-order valence-corrected chi connectivity index (χ0v) is 16.2. The Labute approximate surface area is 167 Å². The molecule has 0 bridgehead atoms. The lowest BCUT2D eigenvalue weighted by atomic mass is 10.1. The summed E-state index contributed by atoms with van der Waals surface area (Å²) in [6, 6.07) is 14.4. The lowest BCUT2D eigenvalue weighted by Crippen LogP contribution is -2.14. The number of imidazole rings is 1. The predicted octanol–water partition coefficient (Wildman–Crippen LogP) is 3.81. The van der Waals surface area contributed by atoms with E-state index in [4.69, 9.17) is 14.2 Å². The summed E-state index contributed by atoms with van der Waals surface area (Å²) in [7, 11) is 4.55. The third-order valence-electron chi connectivity index (χ3n) is 4.60. The van der Waals surface area contributed by atoms with Gasteiger partial charge in [-0.15, -0.1) is 0 Å². The summed E-state index contributed by atoms with van der Waals surface area (Å²) in [5, 5.41) is 0. The van der Waals surface area contributed by atoms with Crippen molar-refractivity contribution in [1.29, 1.82) is 0 Å². The molecule has 0 fully saturated rings. The maximum Gasteiger partial charge on any atom is 0.264 e. The van der Waals surface area contributed by atoms with Gasteiger partial charge in [-0.05, 0) is 36.4 Å². The number of pyridine rings is 1. The molecular formula is C22H19N3O4. The molecule has 4 rings (SSSR count). The van der Waals surface area contributed by atoms with Gasteiger partial charge in [-0.3, -0.25) is 14.3 Å². The molecule has 29 heavy (non-hydrogen) atoms. The smallest absolute Gasteiger partial charge is 0.264 e. The number of carbonyl (C=O) groups excluding carboxylic acids is 1. The van der Waals surface area contributed by atoms with Gasteiger partial charge in [0.15, 0.2) is 11.5 Å². The summed E-state index contributed by atoms with van der Waals surface area (Å²) >= 11 is 0. The van der Waals surface area contributed by atoms with Crippen molar-refractivity contribution in [1.82, 2.24) is 14.5 Å². The SMILES string of the molecule is COc1cc(C(=O)n2c(-c3cccnc3)nc3ccccc32)cc(OC)c1OC. The lowest BCUT2D eigenvalue weighted by Gasteiger charge is -2.14. The number of nitrogens with zero attached hydrogens (tertiary/aromatic N) is 3. The van der Waals surface area contributed by atoms with Crippen molar-refractivity contribution in [2.45, 2.75) is 0 Å². The second-order valence-corrected chi connectivity index (χ2v) is 6.22. The van der Waals surface area contributed by atoms with Crippen LogP contribution in [0.25, 0.3) is 22.4 Å². The van der Waals surface area contributed by atoms with Gasteiger partial charge in [-0.1, -0.05) is 12.1 Å². The van der Waals surface area contributed by atoms with E-state index in [9.17, 15) is 4.79 Å². The monoisotopic (exact) mass is 389 g/mol. The first-order chi connectivity index (χ1) is 14.2. The molecule has 0 spiro atoms. The molecule has 7 heteroatoms. The number of para-hydroxylation sites is 2. The van der Waals surface area contributed by atoms with Crippen molar-refractivity contribution in [3.05, 3.63) is 66.5 Å².